The summed E-state index contributed by atoms with van der Waals surface area (Å²) in [4.78, 5) is 2.65. The Kier molecular flexibility index (Phi) is 7.24. The number of aryl methyl sites for hydroxylation is 1. The van der Waals surface area contributed by atoms with Crippen molar-refractivity contribution in [2.75, 3.05) is 26.2 Å². The van der Waals surface area contributed by atoms with Crippen LogP contribution in [0.5, 0.6) is 0 Å². The van der Waals surface area contributed by atoms with Gasteiger partial charge in [-0.25, -0.2) is 12.8 Å². The largest absolute Gasteiger partial charge is 0.395 e. The molecule has 0 radical (unpaired) electrons. The maximum Gasteiger partial charge on any atom is 0.243 e. The van der Waals surface area contributed by atoms with Crippen molar-refractivity contribution in [3.8, 4) is 11.1 Å². The highest BCUT2D eigenvalue weighted by molar-refractivity contribution is 7.89. The molecule has 2 saturated heterocycles. The minimum Gasteiger partial charge on any atom is -0.395 e. The zero-order chi connectivity index (χ0) is 26.3. The lowest BCUT2D eigenvalue weighted by atomic mass is 9.74. The quantitative estimate of drug-likeness (QED) is 0.511. The summed E-state index contributed by atoms with van der Waals surface area (Å²) in [6.07, 6.45) is 1.68. The van der Waals surface area contributed by atoms with E-state index in [1.165, 1.54) is 6.07 Å². The Morgan fingerprint density at radius 1 is 0.919 bits per heavy atom. The second-order valence-corrected chi connectivity index (χ2v) is 12.3. The number of aliphatic hydroxyl groups excluding tert-OH is 1. The fourth-order valence-electron chi connectivity index (χ4n) is 6.10. The molecule has 2 aliphatic rings. The molecule has 0 aromatic heterocycles. The lowest BCUT2D eigenvalue weighted by Crippen LogP contribution is -2.67. The number of nitrogens with zero attached hydrogens (tertiary/aromatic N) is 2. The summed E-state index contributed by atoms with van der Waals surface area (Å²) in [5.41, 5.74) is 5.44. The third-order valence-electron chi connectivity index (χ3n) is 8.37. The molecule has 2 heterocycles. The first-order valence-electron chi connectivity index (χ1n) is 13.0. The third-order valence-corrected chi connectivity index (χ3v) is 10.4. The zero-order valence-corrected chi connectivity index (χ0v) is 22.5. The first-order valence-corrected chi connectivity index (χ1v) is 14.5. The number of aliphatic hydroxyl groups is 1. The highest BCUT2D eigenvalue weighted by atomic mass is 32.2. The van der Waals surface area contributed by atoms with E-state index in [2.05, 4.69) is 29.2 Å². The Balaban J connectivity index is 1.44. The van der Waals surface area contributed by atoms with E-state index >= 15 is 0 Å². The van der Waals surface area contributed by atoms with Gasteiger partial charge in [-0.1, -0.05) is 48.5 Å². The van der Waals surface area contributed by atoms with E-state index in [-0.39, 0.29) is 30.4 Å². The normalized spacial score (nSPS) is 23.1. The summed E-state index contributed by atoms with van der Waals surface area (Å²) in [6, 6.07) is 18.7. The molecule has 0 bridgehead atoms. The van der Waals surface area contributed by atoms with Crippen LogP contribution in [-0.4, -0.2) is 61.1 Å². The van der Waals surface area contributed by atoms with Gasteiger partial charge in [0.2, 0.25) is 10.0 Å². The monoisotopic (exact) mass is 522 g/mol. The molecule has 3 atom stereocenters. The maximum atomic E-state index is 14.0. The van der Waals surface area contributed by atoms with Crippen molar-refractivity contribution in [1.29, 1.82) is 0 Å². The molecule has 1 unspecified atom stereocenters. The van der Waals surface area contributed by atoms with E-state index in [1.54, 1.807) is 23.4 Å². The predicted molar refractivity (Wildman–Crippen MR) is 145 cm³/mol. The molecule has 5 rings (SSSR count). The van der Waals surface area contributed by atoms with Gasteiger partial charge in [-0.15, -0.1) is 0 Å². The first kappa shape index (κ1) is 26.0. The van der Waals surface area contributed by atoms with E-state index in [1.807, 2.05) is 32.0 Å². The minimum atomic E-state index is -3.63. The molecule has 37 heavy (non-hydrogen) atoms. The van der Waals surface area contributed by atoms with Crippen LogP contribution in [-0.2, 0) is 10.0 Å². The molecule has 2 aliphatic heterocycles. The van der Waals surface area contributed by atoms with Crippen molar-refractivity contribution in [2.45, 2.75) is 56.5 Å². The molecule has 3 aromatic rings. The number of fused-ring (bicyclic) bond motifs is 1. The summed E-state index contributed by atoms with van der Waals surface area (Å²) >= 11 is 0. The molecule has 2 fully saturated rings. The molecule has 0 aliphatic carbocycles. The highest BCUT2D eigenvalue weighted by Crippen LogP contribution is 2.43. The molecular weight excluding hydrogens is 487 g/mol. The molecular formula is C30H35FN2O3S. The number of halogens is 1. The number of hydrogen-bond acceptors (Lipinski definition) is 4. The highest BCUT2D eigenvalue weighted by Gasteiger charge is 2.50. The molecule has 5 nitrogen and oxygen atoms in total. The molecule has 0 spiro atoms. The van der Waals surface area contributed by atoms with E-state index in [0.29, 0.717) is 23.5 Å². The molecule has 7 heteroatoms. The van der Waals surface area contributed by atoms with Gasteiger partial charge in [-0.2, -0.15) is 4.31 Å². The van der Waals surface area contributed by atoms with Gasteiger partial charge in [-0.05, 0) is 85.7 Å². The summed E-state index contributed by atoms with van der Waals surface area (Å²) in [5.74, 6) is -0.171. The number of rotatable bonds is 5. The summed E-state index contributed by atoms with van der Waals surface area (Å²) < 4.78 is 42.9. The van der Waals surface area contributed by atoms with Crippen LogP contribution < -0.4 is 0 Å². The van der Waals surface area contributed by atoms with Gasteiger partial charge in [0.25, 0.3) is 0 Å². The Bertz CT molecular complexity index is 1390. The lowest BCUT2D eigenvalue weighted by Gasteiger charge is -2.57. The van der Waals surface area contributed by atoms with Crippen molar-refractivity contribution in [3.63, 3.8) is 0 Å². The van der Waals surface area contributed by atoms with Gasteiger partial charge in [0.15, 0.2) is 0 Å². The predicted octanol–water partition coefficient (Wildman–Crippen LogP) is 5.03. The lowest BCUT2D eigenvalue weighted by molar-refractivity contribution is -0.0553. The van der Waals surface area contributed by atoms with E-state index in [0.717, 1.165) is 47.2 Å². The maximum absolute atomic E-state index is 14.0. The molecule has 3 aromatic carbocycles. The number of benzene rings is 3. The van der Waals surface area contributed by atoms with Crippen LogP contribution in [0, 0.1) is 26.6 Å². The topological polar surface area (TPSA) is 60.9 Å². The number of hydrogen-bond donors (Lipinski definition) is 1. The van der Waals surface area contributed by atoms with Crippen molar-refractivity contribution in [1.82, 2.24) is 9.21 Å². The zero-order valence-electron chi connectivity index (χ0n) is 21.7. The van der Waals surface area contributed by atoms with Gasteiger partial charge in [-0.3, -0.25) is 4.90 Å². The van der Waals surface area contributed by atoms with Crippen molar-refractivity contribution in [2.24, 2.45) is 0 Å². The van der Waals surface area contributed by atoms with E-state index in [9.17, 15) is 17.9 Å². The van der Waals surface area contributed by atoms with Gasteiger partial charge in [0, 0.05) is 31.1 Å². The molecule has 0 saturated carbocycles. The van der Waals surface area contributed by atoms with Crippen LogP contribution in [0.4, 0.5) is 4.39 Å². The molecule has 196 valence electrons. The van der Waals surface area contributed by atoms with Crippen LogP contribution in [0.15, 0.2) is 65.6 Å². The van der Waals surface area contributed by atoms with Crippen LogP contribution >= 0.6 is 0 Å². The van der Waals surface area contributed by atoms with Crippen LogP contribution in [0.25, 0.3) is 11.1 Å². The standard InChI is InChI=1S/C30H35FN2O3S/c1-20-8-4-5-9-29(20)37(35,36)32-16-6-7-17-33-27(18-32)30(28(33)19-34)24-12-10-23(11-13-24)25-14-15-26(31)22(3)21(25)2/h4-5,8-15,27-28,30,34H,6-7,16-19H2,1-3H3/t27-,28+,30?/m0/s1. The van der Waals surface area contributed by atoms with Crippen LogP contribution in [0.3, 0.4) is 0 Å². The smallest absolute Gasteiger partial charge is 0.243 e. The Labute approximate surface area is 219 Å². The van der Waals surface area contributed by atoms with E-state index in [4.69, 9.17) is 0 Å². The Hall–Kier alpha value is -2.58. The SMILES string of the molecule is Cc1ccccc1S(=O)(=O)N1CCCCN2[C@H](CO)C(c3ccc(-c4ccc(F)c(C)c4C)cc3)[C@@H]2C1. The first-order chi connectivity index (χ1) is 17.7. The van der Waals surface area contributed by atoms with Gasteiger partial charge >= 0.3 is 0 Å². The fourth-order valence-corrected chi connectivity index (χ4v) is 7.82. The summed E-state index contributed by atoms with van der Waals surface area (Å²) in [6.45, 7) is 7.35. The third kappa shape index (κ3) is 4.63. The molecule has 1 N–H and O–H groups in total. The number of sulfonamides is 1. The van der Waals surface area contributed by atoms with E-state index < -0.39 is 10.0 Å². The van der Waals surface area contributed by atoms with Gasteiger partial charge < -0.3 is 5.11 Å². The average molecular weight is 523 g/mol. The second-order valence-electron chi connectivity index (χ2n) is 10.4. The Morgan fingerprint density at radius 2 is 1.62 bits per heavy atom. The Morgan fingerprint density at radius 3 is 2.32 bits per heavy atom. The average Bonchev–Trinajstić information content (AvgIpc) is 2.87. The summed E-state index contributed by atoms with van der Waals surface area (Å²) in [5, 5.41) is 10.3. The van der Waals surface area contributed by atoms with Crippen LogP contribution in [0.1, 0.15) is 41.0 Å². The fraction of sp³-hybridized carbons (Fsp3) is 0.400. The minimum absolute atomic E-state index is 0.00287. The second kappa shape index (κ2) is 10.3. The summed E-state index contributed by atoms with van der Waals surface area (Å²) in [7, 11) is -3.63. The van der Waals surface area contributed by atoms with Gasteiger partial charge in [0.1, 0.15) is 5.82 Å². The molecule has 0 amide bonds. The van der Waals surface area contributed by atoms with Crippen LogP contribution in [0.2, 0.25) is 0 Å². The van der Waals surface area contributed by atoms with Crippen molar-refractivity contribution < 1.29 is 17.9 Å². The van der Waals surface area contributed by atoms with Crippen molar-refractivity contribution in [3.05, 3.63) is 88.7 Å². The van der Waals surface area contributed by atoms with Crippen molar-refractivity contribution >= 4 is 10.0 Å². The van der Waals surface area contributed by atoms with Gasteiger partial charge in [0.05, 0.1) is 11.5 Å².